The van der Waals surface area contributed by atoms with Gasteiger partial charge < -0.3 is 14.5 Å². The summed E-state index contributed by atoms with van der Waals surface area (Å²) in [5.74, 6) is 1.16. The van der Waals surface area contributed by atoms with Crippen LogP contribution in [0.2, 0.25) is 0 Å². The topological polar surface area (TPSA) is 93.0 Å². The van der Waals surface area contributed by atoms with Gasteiger partial charge in [0.05, 0.1) is 24.5 Å². The second-order valence-corrected chi connectivity index (χ2v) is 5.15. The Hall–Kier alpha value is -3.09. The number of alkyl carbamates (subject to hydrolysis) is 1. The fraction of sp³-hybridized carbons (Fsp3) is 0.235. The van der Waals surface area contributed by atoms with Crippen LogP contribution in [0.3, 0.4) is 0 Å². The van der Waals surface area contributed by atoms with Gasteiger partial charge in [0.15, 0.2) is 5.76 Å². The van der Waals surface area contributed by atoms with E-state index in [1.807, 2.05) is 43.3 Å². The number of amides is 1. The summed E-state index contributed by atoms with van der Waals surface area (Å²) in [6.45, 7) is 4.26. The number of carbonyl (C=O) groups excluding carboxylic acids is 1. The van der Waals surface area contributed by atoms with Gasteiger partial charge in [-0.1, -0.05) is 18.2 Å². The highest BCUT2D eigenvalue weighted by Crippen LogP contribution is 2.28. The van der Waals surface area contributed by atoms with Crippen LogP contribution in [0.1, 0.15) is 18.3 Å². The van der Waals surface area contributed by atoms with E-state index in [-0.39, 0.29) is 0 Å². The number of hydrogen-bond acceptors (Lipinski definition) is 5. The van der Waals surface area contributed by atoms with Crippen molar-refractivity contribution in [1.82, 2.24) is 20.5 Å². The van der Waals surface area contributed by atoms with E-state index >= 15 is 0 Å². The molecule has 0 aliphatic carbocycles. The van der Waals surface area contributed by atoms with E-state index in [4.69, 9.17) is 9.15 Å². The maximum absolute atomic E-state index is 11.3. The molecule has 3 aromatic rings. The number of aromatic amines is 1. The second kappa shape index (κ2) is 6.99. The molecule has 0 aliphatic rings. The van der Waals surface area contributed by atoms with Gasteiger partial charge in [-0.05, 0) is 32.0 Å². The summed E-state index contributed by atoms with van der Waals surface area (Å²) in [6, 6.07) is 11.5. The molecule has 24 heavy (non-hydrogen) atoms. The molecule has 7 heteroatoms. The Bertz CT molecular complexity index is 823. The van der Waals surface area contributed by atoms with Crippen LogP contribution < -0.4 is 5.32 Å². The van der Waals surface area contributed by atoms with E-state index < -0.39 is 6.09 Å². The summed E-state index contributed by atoms with van der Waals surface area (Å²) in [5.41, 5.74) is 3.05. The first-order valence-electron chi connectivity index (χ1n) is 7.65. The average Bonchev–Trinajstić information content (AvgIpc) is 3.20. The van der Waals surface area contributed by atoms with Crippen molar-refractivity contribution in [3.63, 3.8) is 0 Å². The van der Waals surface area contributed by atoms with Crippen molar-refractivity contribution in [3.8, 4) is 22.9 Å². The predicted octanol–water partition coefficient (Wildman–Crippen LogP) is 3.29. The summed E-state index contributed by atoms with van der Waals surface area (Å²) in [5, 5.41) is 9.73. The molecule has 2 N–H and O–H groups in total. The van der Waals surface area contributed by atoms with E-state index in [1.54, 1.807) is 6.92 Å². The Morgan fingerprint density at radius 3 is 2.88 bits per heavy atom. The number of aromatic nitrogens is 3. The lowest BCUT2D eigenvalue weighted by Crippen LogP contribution is -2.23. The molecule has 0 radical (unpaired) electrons. The van der Waals surface area contributed by atoms with Crippen LogP contribution in [0.25, 0.3) is 22.9 Å². The molecule has 7 nitrogen and oxygen atoms in total. The van der Waals surface area contributed by atoms with Crippen LogP contribution in [0.5, 0.6) is 0 Å². The highest BCUT2D eigenvalue weighted by molar-refractivity contribution is 5.67. The summed E-state index contributed by atoms with van der Waals surface area (Å²) in [4.78, 5) is 15.8. The Labute approximate surface area is 139 Å². The molecular weight excluding hydrogens is 308 g/mol. The Balaban J connectivity index is 1.76. The first-order chi connectivity index (χ1) is 11.7. The number of nitrogens with one attached hydrogen (secondary N) is 2. The molecule has 1 amide bonds. The Kier molecular flexibility index (Phi) is 4.60. The lowest BCUT2D eigenvalue weighted by molar-refractivity contribution is 0.151. The molecule has 0 unspecified atom stereocenters. The third-order valence-corrected chi connectivity index (χ3v) is 3.38. The van der Waals surface area contributed by atoms with Crippen LogP contribution in [0, 0.1) is 6.92 Å². The quantitative estimate of drug-likeness (QED) is 0.750. The number of rotatable bonds is 5. The summed E-state index contributed by atoms with van der Waals surface area (Å²) >= 11 is 0. The van der Waals surface area contributed by atoms with Gasteiger partial charge in [-0.25, -0.2) is 9.78 Å². The van der Waals surface area contributed by atoms with Gasteiger partial charge in [0.1, 0.15) is 5.69 Å². The first-order valence-corrected chi connectivity index (χ1v) is 7.65. The smallest absolute Gasteiger partial charge is 0.407 e. The molecule has 0 atom stereocenters. The van der Waals surface area contributed by atoms with Crippen molar-refractivity contribution in [3.05, 3.63) is 47.8 Å². The molecule has 0 fully saturated rings. The predicted molar refractivity (Wildman–Crippen MR) is 88.1 cm³/mol. The number of H-pyrrole nitrogens is 1. The van der Waals surface area contributed by atoms with Crippen LogP contribution in [-0.4, -0.2) is 27.9 Å². The number of nitrogens with zero attached hydrogens (tertiary/aromatic N) is 2. The normalized spacial score (nSPS) is 10.6. The van der Waals surface area contributed by atoms with Crippen molar-refractivity contribution < 1.29 is 13.9 Å². The minimum absolute atomic E-state index is 0.296. The van der Waals surface area contributed by atoms with Crippen molar-refractivity contribution >= 4 is 6.09 Å². The molecule has 0 bridgehead atoms. The van der Waals surface area contributed by atoms with E-state index in [1.165, 1.54) is 0 Å². The SMILES string of the molecule is CCOC(=O)NCc1cc(-c2oc(-c3ccccc3)nc2C)n[nH]1. The van der Waals surface area contributed by atoms with E-state index in [0.29, 0.717) is 30.5 Å². The molecule has 2 aromatic heterocycles. The largest absolute Gasteiger partial charge is 0.450 e. The summed E-state index contributed by atoms with van der Waals surface area (Å²) in [6.07, 6.45) is -0.462. The van der Waals surface area contributed by atoms with Crippen molar-refractivity contribution in [2.45, 2.75) is 20.4 Å². The highest BCUT2D eigenvalue weighted by Gasteiger charge is 2.16. The zero-order valence-electron chi connectivity index (χ0n) is 13.5. The number of benzene rings is 1. The second-order valence-electron chi connectivity index (χ2n) is 5.15. The lowest BCUT2D eigenvalue weighted by atomic mass is 10.2. The fourth-order valence-electron chi connectivity index (χ4n) is 2.26. The molecular formula is C17H18N4O3. The maximum Gasteiger partial charge on any atom is 0.407 e. The van der Waals surface area contributed by atoms with Crippen LogP contribution in [-0.2, 0) is 11.3 Å². The third-order valence-electron chi connectivity index (χ3n) is 3.38. The minimum atomic E-state index is -0.462. The lowest BCUT2D eigenvalue weighted by Gasteiger charge is -2.02. The molecule has 124 valence electrons. The molecule has 0 aliphatic heterocycles. The molecule has 0 spiro atoms. The van der Waals surface area contributed by atoms with Crippen molar-refractivity contribution in [2.75, 3.05) is 6.61 Å². The molecule has 0 saturated carbocycles. The zero-order valence-corrected chi connectivity index (χ0v) is 13.5. The van der Waals surface area contributed by atoms with Gasteiger partial charge in [0.25, 0.3) is 0 Å². The molecule has 2 heterocycles. The standard InChI is InChI=1S/C17H18N4O3/c1-3-23-17(22)18-10-13-9-14(21-20-13)15-11(2)19-16(24-15)12-7-5-4-6-8-12/h4-9H,3,10H2,1-2H3,(H,18,22)(H,20,21). The summed E-state index contributed by atoms with van der Waals surface area (Å²) in [7, 11) is 0. The van der Waals surface area contributed by atoms with Crippen LogP contribution in [0.15, 0.2) is 40.8 Å². The van der Waals surface area contributed by atoms with E-state index in [2.05, 4.69) is 20.5 Å². The first kappa shape index (κ1) is 15.8. The minimum Gasteiger partial charge on any atom is -0.450 e. The molecule has 0 saturated heterocycles. The number of ether oxygens (including phenoxy) is 1. The number of oxazole rings is 1. The van der Waals surface area contributed by atoms with Crippen molar-refractivity contribution in [2.24, 2.45) is 0 Å². The highest BCUT2D eigenvalue weighted by atomic mass is 16.5. The van der Waals surface area contributed by atoms with E-state index in [9.17, 15) is 4.79 Å². The number of hydrogen-bond donors (Lipinski definition) is 2. The molecule has 1 aromatic carbocycles. The maximum atomic E-state index is 11.3. The van der Waals surface area contributed by atoms with Gasteiger partial charge in [0.2, 0.25) is 5.89 Å². The monoisotopic (exact) mass is 326 g/mol. The van der Waals surface area contributed by atoms with Crippen LogP contribution in [0.4, 0.5) is 4.79 Å². The van der Waals surface area contributed by atoms with E-state index in [0.717, 1.165) is 17.0 Å². The fourth-order valence-corrected chi connectivity index (χ4v) is 2.26. The number of carbonyl (C=O) groups is 1. The third kappa shape index (κ3) is 3.45. The van der Waals surface area contributed by atoms with Gasteiger partial charge in [-0.2, -0.15) is 5.10 Å². The average molecular weight is 326 g/mol. The van der Waals surface area contributed by atoms with Gasteiger partial charge >= 0.3 is 6.09 Å². The van der Waals surface area contributed by atoms with Gasteiger partial charge in [-0.15, -0.1) is 0 Å². The Morgan fingerprint density at radius 1 is 1.33 bits per heavy atom. The number of aryl methyl sites for hydroxylation is 1. The zero-order chi connectivity index (χ0) is 16.9. The molecule has 3 rings (SSSR count). The Morgan fingerprint density at radius 2 is 2.12 bits per heavy atom. The summed E-state index contributed by atoms with van der Waals surface area (Å²) < 4.78 is 10.7. The van der Waals surface area contributed by atoms with Crippen molar-refractivity contribution in [1.29, 1.82) is 0 Å². The van der Waals surface area contributed by atoms with Gasteiger partial charge in [-0.3, -0.25) is 5.10 Å². The van der Waals surface area contributed by atoms with Gasteiger partial charge in [0, 0.05) is 5.56 Å². The van der Waals surface area contributed by atoms with Crippen LogP contribution >= 0.6 is 0 Å².